The molecule has 2 rings (SSSR count). The highest BCUT2D eigenvalue weighted by Crippen LogP contribution is 2.24. The highest BCUT2D eigenvalue weighted by atomic mass is 32.2. The van der Waals surface area contributed by atoms with Gasteiger partial charge in [0.05, 0.1) is 5.92 Å². The van der Waals surface area contributed by atoms with Gasteiger partial charge in [-0.25, -0.2) is 0 Å². The van der Waals surface area contributed by atoms with Crippen LogP contribution in [0.1, 0.15) is 32.6 Å². The van der Waals surface area contributed by atoms with Crippen molar-refractivity contribution >= 4 is 16.1 Å². The summed E-state index contributed by atoms with van der Waals surface area (Å²) >= 11 is 0. The van der Waals surface area contributed by atoms with Crippen LogP contribution in [-0.2, 0) is 15.0 Å². The number of piperidine rings is 2. The Morgan fingerprint density at radius 3 is 2.38 bits per heavy atom. The minimum atomic E-state index is -3.41. The van der Waals surface area contributed by atoms with E-state index in [2.05, 4.69) is 6.92 Å². The van der Waals surface area contributed by atoms with Crippen molar-refractivity contribution in [2.75, 3.05) is 40.3 Å². The zero-order valence-corrected chi connectivity index (χ0v) is 14.1. The summed E-state index contributed by atoms with van der Waals surface area (Å²) in [4.78, 5) is 14.6. The van der Waals surface area contributed by atoms with E-state index < -0.39 is 10.2 Å². The molecule has 0 aliphatic carbocycles. The second kappa shape index (κ2) is 6.62. The Kier molecular flexibility index (Phi) is 5.27. The maximum atomic E-state index is 12.6. The molecule has 2 fully saturated rings. The summed E-state index contributed by atoms with van der Waals surface area (Å²) in [6.07, 6.45) is 3.78. The average molecular weight is 317 g/mol. The third-order valence-corrected chi connectivity index (χ3v) is 6.40. The van der Waals surface area contributed by atoms with Crippen LogP contribution in [0.15, 0.2) is 0 Å². The monoisotopic (exact) mass is 317 g/mol. The molecule has 7 heteroatoms. The topological polar surface area (TPSA) is 60.9 Å². The SMILES string of the molecule is C[C@H]1CCCN(C(=O)[C@H]2CCCN(S(=O)(=O)N(C)C)C2)C1. The van der Waals surface area contributed by atoms with Crippen LogP contribution in [0.25, 0.3) is 0 Å². The number of likely N-dealkylation sites (tertiary alicyclic amines) is 1. The van der Waals surface area contributed by atoms with Crippen LogP contribution >= 0.6 is 0 Å². The first-order valence-electron chi connectivity index (χ1n) is 7.78. The second-order valence-corrected chi connectivity index (χ2v) is 8.66. The normalized spacial score (nSPS) is 28.9. The molecule has 0 aromatic rings. The Hall–Kier alpha value is -0.660. The minimum Gasteiger partial charge on any atom is -0.342 e. The van der Waals surface area contributed by atoms with Gasteiger partial charge < -0.3 is 4.90 Å². The van der Waals surface area contributed by atoms with E-state index in [1.165, 1.54) is 29.1 Å². The van der Waals surface area contributed by atoms with E-state index in [-0.39, 0.29) is 11.8 Å². The first-order chi connectivity index (χ1) is 9.82. The zero-order valence-electron chi connectivity index (χ0n) is 13.3. The lowest BCUT2D eigenvalue weighted by Gasteiger charge is -2.37. The number of rotatable bonds is 3. The van der Waals surface area contributed by atoms with Gasteiger partial charge in [-0.3, -0.25) is 4.79 Å². The smallest absolute Gasteiger partial charge is 0.281 e. The van der Waals surface area contributed by atoms with Gasteiger partial charge in [-0.2, -0.15) is 17.0 Å². The van der Waals surface area contributed by atoms with Crippen molar-refractivity contribution < 1.29 is 13.2 Å². The van der Waals surface area contributed by atoms with E-state index in [9.17, 15) is 13.2 Å². The maximum absolute atomic E-state index is 12.6. The molecule has 6 nitrogen and oxygen atoms in total. The third-order valence-electron chi connectivity index (χ3n) is 4.49. The molecule has 0 N–H and O–H groups in total. The molecule has 2 aliphatic rings. The van der Waals surface area contributed by atoms with Crippen LogP contribution in [-0.4, -0.2) is 68.1 Å². The summed E-state index contributed by atoms with van der Waals surface area (Å²) in [6.45, 7) is 4.64. The Morgan fingerprint density at radius 1 is 1.10 bits per heavy atom. The van der Waals surface area contributed by atoms with Gasteiger partial charge in [0, 0.05) is 40.3 Å². The molecule has 2 saturated heterocycles. The van der Waals surface area contributed by atoms with Gasteiger partial charge in [-0.1, -0.05) is 6.92 Å². The fourth-order valence-corrected chi connectivity index (χ4v) is 4.42. The van der Waals surface area contributed by atoms with Gasteiger partial charge in [-0.15, -0.1) is 0 Å². The maximum Gasteiger partial charge on any atom is 0.281 e. The Morgan fingerprint density at radius 2 is 1.76 bits per heavy atom. The van der Waals surface area contributed by atoms with E-state index >= 15 is 0 Å². The van der Waals surface area contributed by atoms with E-state index in [0.29, 0.717) is 19.0 Å². The lowest BCUT2D eigenvalue weighted by molar-refractivity contribution is -0.138. The summed E-state index contributed by atoms with van der Waals surface area (Å²) in [6, 6.07) is 0. The standard InChI is InChI=1S/C14H27N3O3S/c1-12-6-4-8-16(10-12)14(18)13-7-5-9-17(11-13)21(19,20)15(2)3/h12-13H,4-11H2,1-3H3/t12-,13-/m0/s1. The van der Waals surface area contributed by atoms with Crippen LogP contribution in [0.5, 0.6) is 0 Å². The van der Waals surface area contributed by atoms with Crippen molar-refractivity contribution in [1.29, 1.82) is 0 Å². The zero-order chi connectivity index (χ0) is 15.6. The molecule has 0 aromatic heterocycles. The van der Waals surface area contributed by atoms with Crippen LogP contribution in [0.3, 0.4) is 0 Å². The third kappa shape index (κ3) is 3.76. The Balaban J connectivity index is 2.02. The van der Waals surface area contributed by atoms with Crippen molar-refractivity contribution in [1.82, 2.24) is 13.5 Å². The number of carbonyl (C=O) groups is 1. The quantitative estimate of drug-likeness (QED) is 0.772. The van der Waals surface area contributed by atoms with Gasteiger partial charge in [0.2, 0.25) is 5.91 Å². The molecule has 0 aromatic carbocycles. The molecule has 0 bridgehead atoms. The predicted octanol–water partition coefficient (Wildman–Crippen LogP) is 0.763. The lowest BCUT2D eigenvalue weighted by atomic mass is 9.94. The highest BCUT2D eigenvalue weighted by molar-refractivity contribution is 7.86. The summed E-state index contributed by atoms with van der Waals surface area (Å²) in [7, 11) is -0.342. The Bertz CT molecular complexity index is 478. The molecule has 0 spiro atoms. The van der Waals surface area contributed by atoms with Gasteiger partial charge >= 0.3 is 0 Å². The van der Waals surface area contributed by atoms with Crippen LogP contribution in [0.2, 0.25) is 0 Å². The van der Waals surface area contributed by atoms with Crippen molar-refractivity contribution in [3.63, 3.8) is 0 Å². The molecule has 2 aliphatic heterocycles. The number of hydrogen-bond acceptors (Lipinski definition) is 3. The predicted molar refractivity (Wildman–Crippen MR) is 81.9 cm³/mol. The number of nitrogens with zero attached hydrogens (tertiary/aromatic N) is 3. The van der Waals surface area contributed by atoms with Crippen LogP contribution in [0, 0.1) is 11.8 Å². The summed E-state index contributed by atoms with van der Waals surface area (Å²) < 4.78 is 27.1. The first-order valence-corrected chi connectivity index (χ1v) is 9.18. The molecular formula is C14H27N3O3S. The van der Waals surface area contributed by atoms with Crippen molar-refractivity contribution in [3.8, 4) is 0 Å². The van der Waals surface area contributed by atoms with Crippen molar-refractivity contribution in [2.45, 2.75) is 32.6 Å². The Labute approximate surface area is 128 Å². The van der Waals surface area contributed by atoms with Crippen molar-refractivity contribution in [2.24, 2.45) is 11.8 Å². The van der Waals surface area contributed by atoms with Gasteiger partial charge in [-0.05, 0) is 31.6 Å². The lowest BCUT2D eigenvalue weighted by Crippen LogP contribution is -2.50. The highest BCUT2D eigenvalue weighted by Gasteiger charge is 2.35. The van der Waals surface area contributed by atoms with E-state index in [4.69, 9.17) is 0 Å². The number of carbonyl (C=O) groups excluding carboxylic acids is 1. The molecule has 0 unspecified atom stereocenters. The fraction of sp³-hybridized carbons (Fsp3) is 0.929. The van der Waals surface area contributed by atoms with Crippen LogP contribution < -0.4 is 0 Å². The van der Waals surface area contributed by atoms with E-state index in [1.807, 2.05) is 4.90 Å². The molecular weight excluding hydrogens is 290 g/mol. The first kappa shape index (κ1) is 16.7. The van der Waals surface area contributed by atoms with Crippen molar-refractivity contribution in [3.05, 3.63) is 0 Å². The summed E-state index contributed by atoms with van der Waals surface area (Å²) in [5.74, 6) is 0.506. The van der Waals surface area contributed by atoms with Gasteiger partial charge in [0.15, 0.2) is 0 Å². The largest absolute Gasteiger partial charge is 0.342 e. The summed E-state index contributed by atoms with van der Waals surface area (Å²) in [5, 5.41) is 0. The number of hydrogen-bond donors (Lipinski definition) is 0. The van der Waals surface area contributed by atoms with Gasteiger partial charge in [0.1, 0.15) is 0 Å². The van der Waals surface area contributed by atoms with E-state index in [0.717, 1.165) is 32.4 Å². The second-order valence-electron chi connectivity index (χ2n) is 6.52. The molecule has 2 heterocycles. The van der Waals surface area contributed by atoms with E-state index in [1.54, 1.807) is 0 Å². The fourth-order valence-electron chi connectivity index (χ4n) is 3.23. The number of amides is 1. The minimum absolute atomic E-state index is 0.139. The molecule has 0 radical (unpaired) electrons. The molecule has 122 valence electrons. The molecule has 21 heavy (non-hydrogen) atoms. The molecule has 0 saturated carbocycles. The van der Waals surface area contributed by atoms with Gasteiger partial charge in [0.25, 0.3) is 10.2 Å². The average Bonchev–Trinajstić information content (AvgIpc) is 2.46. The summed E-state index contributed by atoms with van der Waals surface area (Å²) in [5.41, 5.74) is 0. The molecule has 2 atom stereocenters. The van der Waals surface area contributed by atoms with Crippen LogP contribution in [0.4, 0.5) is 0 Å². The molecule has 1 amide bonds.